The zero-order chi connectivity index (χ0) is 58.2. The summed E-state index contributed by atoms with van der Waals surface area (Å²) in [4.78, 5) is 0. The smallest absolute Gasteiger partial charge is 0.431 e. The Morgan fingerprint density at radius 3 is 0.494 bits per heavy atom. The van der Waals surface area contributed by atoms with E-state index in [1.54, 1.807) is 109 Å². The molecule has 0 aliphatic carbocycles. The summed E-state index contributed by atoms with van der Waals surface area (Å²) in [7, 11) is -18.9. The van der Waals surface area contributed by atoms with Gasteiger partial charge < -0.3 is 40.7 Å². The predicted octanol–water partition coefficient (Wildman–Crippen LogP) is 22.5. The van der Waals surface area contributed by atoms with Gasteiger partial charge in [-0.25, -0.2) is 0 Å². The Kier molecular flexibility index (Phi) is 17.9. The van der Waals surface area contributed by atoms with Crippen molar-refractivity contribution in [2.45, 2.75) is 62.3 Å². The normalized spacial score (nSPS) is 16.5. The van der Waals surface area contributed by atoms with Crippen molar-refractivity contribution in [3.8, 4) is 51.7 Å². The van der Waals surface area contributed by atoms with Crippen molar-refractivity contribution in [1.82, 2.24) is 0 Å². The molecule has 0 amide bonds. The van der Waals surface area contributed by atoms with Crippen molar-refractivity contribution in [2.24, 2.45) is 22.6 Å². The molecule has 20 heteroatoms. The first-order valence-electron chi connectivity index (χ1n) is 26.5. The highest BCUT2D eigenvalue weighted by Crippen LogP contribution is 2.81. The number of benzene rings is 9. The van der Waals surface area contributed by atoms with E-state index in [2.05, 4.69) is 0 Å². The molecule has 14 nitrogen and oxygen atoms in total. The van der Waals surface area contributed by atoms with Crippen LogP contribution in [0.5, 0.6) is 51.7 Å². The molecular weight excluding hydrogens is 1160 g/mol. The Morgan fingerprint density at radius 2 is 0.325 bits per heavy atom. The third-order valence-corrected chi connectivity index (χ3v) is 26.8. The molecule has 1 heterocycles. The molecule has 9 aromatic rings. The maximum atomic E-state index is 8.39. The highest BCUT2D eigenvalue weighted by molar-refractivity contribution is 7.93. The molecule has 426 valence electrons. The van der Waals surface area contributed by atoms with E-state index < -0.39 is 37.4 Å². The fraction of sp³-hybridized carbons (Fsp3) is 0.143. The van der Waals surface area contributed by atoms with Crippen molar-refractivity contribution in [3.05, 3.63) is 268 Å². The first kappa shape index (κ1) is 58.8. The van der Waals surface area contributed by atoms with Crippen LogP contribution < -0.4 is 40.7 Å². The predicted molar refractivity (Wildman–Crippen MR) is 339 cm³/mol. The molecule has 1 atom stereocenters. The Balaban J connectivity index is 1.49. The Morgan fingerprint density at radius 1 is 0.193 bits per heavy atom. The van der Waals surface area contributed by atoms with Gasteiger partial charge >= 0.3 is 37.4 Å². The fourth-order valence-electron chi connectivity index (χ4n) is 7.82. The van der Waals surface area contributed by atoms with Crippen molar-refractivity contribution >= 4 is 48.7 Å². The van der Waals surface area contributed by atoms with E-state index in [0.29, 0.717) is 0 Å². The van der Waals surface area contributed by atoms with E-state index in [9.17, 15) is 0 Å². The second-order valence-electron chi connectivity index (χ2n) is 20.0. The number of rotatable bonds is 18. The van der Waals surface area contributed by atoms with Gasteiger partial charge in [0.05, 0.1) is 0 Å². The van der Waals surface area contributed by atoms with Crippen LogP contribution in [0.15, 0.2) is 241 Å². The quantitative estimate of drug-likeness (QED) is 0.0767. The molecule has 83 heavy (non-hydrogen) atoms. The molecule has 0 saturated heterocycles. The van der Waals surface area contributed by atoms with Crippen LogP contribution in [0.2, 0.25) is 0 Å². The molecule has 0 spiro atoms. The van der Waals surface area contributed by atoms with Crippen LogP contribution >= 0.6 is 48.7 Å². The molecule has 10 rings (SSSR count). The van der Waals surface area contributed by atoms with Gasteiger partial charge in [-0.1, -0.05) is 173 Å². The number of hydrogen-bond acceptors (Lipinski definition) is 14. The van der Waals surface area contributed by atoms with Crippen LogP contribution in [-0.2, 0) is 0 Å². The summed E-state index contributed by atoms with van der Waals surface area (Å²) >= 11 is 8.39. The van der Waals surface area contributed by atoms with Gasteiger partial charge in [-0.05, 0) is 183 Å². The average Bonchev–Trinajstić information content (AvgIpc) is 3.55. The maximum absolute atomic E-state index is 8.39. The van der Waals surface area contributed by atoms with Gasteiger partial charge in [0.1, 0.15) is 51.7 Å². The second-order valence-corrected chi connectivity index (χ2v) is 31.4. The molecule has 0 fully saturated rings. The summed E-state index contributed by atoms with van der Waals surface area (Å²) in [6.45, 7) is 13.1. The van der Waals surface area contributed by atoms with Crippen LogP contribution in [0, 0.1) is 62.3 Å². The molecule has 0 saturated carbocycles. The van der Waals surface area contributed by atoms with Crippen molar-refractivity contribution in [2.75, 3.05) is 0 Å². The number of nitrogens with zero attached hydrogens (tertiary/aromatic N) is 5. The lowest BCUT2D eigenvalue weighted by molar-refractivity contribution is 0.450. The summed E-state index contributed by atoms with van der Waals surface area (Å²) in [6.07, 6.45) is 0. The summed E-state index contributed by atoms with van der Waals surface area (Å²) in [5, 5.41) is 0. The van der Waals surface area contributed by atoms with Crippen LogP contribution in [0.25, 0.3) is 0 Å². The Hall–Kier alpha value is -7.38. The molecule has 9 aromatic carbocycles. The average molecular weight is 1220 g/mol. The lowest BCUT2D eigenvalue weighted by atomic mass is 10.2. The highest BCUT2D eigenvalue weighted by atomic mass is 35.7. The third-order valence-electron chi connectivity index (χ3n) is 12.3. The van der Waals surface area contributed by atoms with Gasteiger partial charge in [-0.3, -0.25) is 0 Å². The van der Waals surface area contributed by atoms with E-state index in [0.717, 1.165) is 50.1 Å². The maximum Gasteiger partial charge on any atom is 0.460 e. The first-order chi connectivity index (χ1) is 39.8. The zero-order valence-electron chi connectivity index (χ0n) is 47.3. The minimum absolute atomic E-state index is 0.279. The molecule has 0 radical (unpaired) electrons. The first-order valence-corrected chi connectivity index (χ1v) is 35.2. The van der Waals surface area contributed by atoms with Crippen molar-refractivity contribution < 1.29 is 40.7 Å². The van der Waals surface area contributed by atoms with Gasteiger partial charge in [-0.15, -0.1) is 9.03 Å². The van der Waals surface area contributed by atoms with Gasteiger partial charge in [0, 0.05) is 0 Å². The summed E-state index contributed by atoms with van der Waals surface area (Å²) in [6, 6.07) is 66.4. The minimum Gasteiger partial charge on any atom is -0.431 e. The van der Waals surface area contributed by atoms with Crippen LogP contribution in [0.1, 0.15) is 50.1 Å². The van der Waals surface area contributed by atoms with E-state index in [1.807, 2.05) is 172 Å². The molecule has 1 unspecified atom stereocenters. The second kappa shape index (κ2) is 25.2. The SMILES string of the molecule is Cc1ccc(OP2(Cl)=NP(Oc3ccc(C)cc3)(Oc3ccc(C)cc3)=NP(Oc3ccc(C)cc3)(Oc3ccc(C)cc3)=NP(Oc3ccc(C)cc3)(Oc3ccc(C)cc3)=NP(Oc3ccc(C)cc3)(Oc3ccc(C)cc3)=N2)cc1. The molecular formula is C63H63ClN5O9P5. The number of hydrogen-bond donors (Lipinski definition) is 0. The van der Waals surface area contributed by atoms with Gasteiger partial charge in [0.2, 0.25) is 0 Å². The van der Waals surface area contributed by atoms with Crippen LogP contribution in [-0.4, -0.2) is 0 Å². The summed E-state index contributed by atoms with van der Waals surface area (Å²) < 4.78 is 94.5. The molecule has 0 N–H and O–H groups in total. The van der Waals surface area contributed by atoms with Crippen LogP contribution in [0.4, 0.5) is 0 Å². The highest BCUT2D eigenvalue weighted by Gasteiger charge is 2.49. The van der Waals surface area contributed by atoms with Gasteiger partial charge in [0.25, 0.3) is 0 Å². The van der Waals surface area contributed by atoms with E-state index in [1.165, 1.54) is 0 Å². The molecule has 1 aliphatic rings. The van der Waals surface area contributed by atoms with Gasteiger partial charge in [0.15, 0.2) is 0 Å². The Labute approximate surface area is 491 Å². The molecule has 0 aromatic heterocycles. The lowest BCUT2D eigenvalue weighted by Gasteiger charge is -2.32. The monoisotopic (exact) mass is 1220 g/mol. The topological polar surface area (TPSA) is 145 Å². The molecule has 0 bridgehead atoms. The minimum atomic E-state index is -4.76. The van der Waals surface area contributed by atoms with E-state index >= 15 is 0 Å². The van der Waals surface area contributed by atoms with Gasteiger partial charge in [-0.2, -0.15) is 0 Å². The van der Waals surface area contributed by atoms with Crippen LogP contribution in [0.3, 0.4) is 0 Å². The standard InChI is InChI=1S/C63H63ClN5O9P5/c1-46-10-28-55(29-11-46)70-79(64)65-80(71-56-30-12-47(2)13-31-56,72-57-32-14-48(3)15-33-57)67-82(75-60-38-20-51(6)21-39-60,76-61-40-22-52(7)23-41-61)69-83(77-62-42-24-53(8)25-43-62,78-63-44-26-54(9)27-45-63)68-81(66-79,73-58-34-16-49(4)17-35-58)74-59-36-18-50(5)19-37-59/h10-45H,1-9H3. The summed E-state index contributed by atoms with van der Waals surface area (Å²) in [5.41, 5.74) is 8.60. The Bertz CT molecular complexity index is 3620. The lowest BCUT2D eigenvalue weighted by Crippen LogP contribution is -2.09. The van der Waals surface area contributed by atoms with E-state index in [4.69, 9.17) is 74.5 Å². The van der Waals surface area contributed by atoms with E-state index in [-0.39, 0.29) is 51.7 Å². The third kappa shape index (κ3) is 15.8. The summed E-state index contributed by atoms with van der Waals surface area (Å²) in [5.74, 6) is 2.56. The fourth-order valence-corrected chi connectivity index (χ4v) is 23.9. The number of halogens is 1. The molecule has 1 aliphatic heterocycles. The van der Waals surface area contributed by atoms with Crippen molar-refractivity contribution in [1.29, 1.82) is 0 Å². The zero-order valence-corrected chi connectivity index (χ0v) is 52.5. The number of aryl methyl sites for hydroxylation is 9. The largest absolute Gasteiger partial charge is 0.460 e. The van der Waals surface area contributed by atoms with Crippen molar-refractivity contribution in [3.63, 3.8) is 0 Å².